The number of H-pyrrole nitrogens is 1. The van der Waals surface area contributed by atoms with Gasteiger partial charge in [-0.15, -0.1) is 32.9 Å². The fourth-order valence-corrected chi connectivity index (χ4v) is 4.35. The number of rotatable bonds is 6. The van der Waals surface area contributed by atoms with Crippen molar-refractivity contribution in [3.8, 4) is 27.6 Å². The maximum absolute atomic E-state index is 13.3. The lowest BCUT2D eigenvalue weighted by Gasteiger charge is -1.99. The highest BCUT2D eigenvalue weighted by atomic mass is 32.1. The Morgan fingerprint density at radius 2 is 1.79 bits per heavy atom. The van der Waals surface area contributed by atoms with Gasteiger partial charge < -0.3 is 5.11 Å². The zero-order chi connectivity index (χ0) is 22.8. The van der Waals surface area contributed by atoms with Crippen molar-refractivity contribution in [2.75, 3.05) is 0 Å². The van der Waals surface area contributed by atoms with Crippen LogP contribution >= 0.6 is 22.7 Å². The van der Waals surface area contributed by atoms with Crippen molar-refractivity contribution in [3.63, 3.8) is 0 Å². The van der Waals surface area contributed by atoms with Gasteiger partial charge >= 0.3 is 11.5 Å². The Bertz CT molecular complexity index is 1500. The van der Waals surface area contributed by atoms with Crippen LogP contribution in [0.3, 0.4) is 0 Å². The Balaban J connectivity index is 1.56. The number of nitrogens with zero attached hydrogens (tertiary/aromatic N) is 5. The van der Waals surface area contributed by atoms with Gasteiger partial charge in [0, 0.05) is 28.1 Å². The van der Waals surface area contributed by atoms with Crippen LogP contribution in [0, 0.1) is 0 Å². The minimum Gasteiger partial charge on any atom is -0.478 e. The Kier molecular flexibility index (Phi) is 5.47. The summed E-state index contributed by atoms with van der Waals surface area (Å²) < 4.78 is 1.33. The van der Waals surface area contributed by atoms with E-state index in [2.05, 4.69) is 25.3 Å². The average molecular weight is 475 g/mol. The van der Waals surface area contributed by atoms with E-state index in [0.29, 0.717) is 21.7 Å². The molecule has 0 radical (unpaired) electrons. The third kappa shape index (κ3) is 4.14. The fraction of sp³-hybridized carbons (Fsp3) is 0. The predicted octanol–water partition coefficient (Wildman–Crippen LogP) is 5.53. The third-order valence-electron chi connectivity index (χ3n) is 4.69. The normalized spacial score (nSPS) is 11.3. The lowest BCUT2D eigenvalue weighted by atomic mass is 10.1. The summed E-state index contributed by atoms with van der Waals surface area (Å²) in [5, 5.41) is 24.9. The summed E-state index contributed by atoms with van der Waals surface area (Å²) in [4.78, 5) is 33.0. The molecule has 5 aromatic rings. The first-order valence-corrected chi connectivity index (χ1v) is 11.4. The Morgan fingerprint density at radius 3 is 2.48 bits per heavy atom. The number of azo groups is 1. The predicted molar refractivity (Wildman–Crippen MR) is 126 cm³/mol. The van der Waals surface area contributed by atoms with E-state index in [1.165, 1.54) is 39.5 Å². The summed E-state index contributed by atoms with van der Waals surface area (Å²) >= 11 is 2.60. The van der Waals surface area contributed by atoms with Gasteiger partial charge in [0.05, 0.1) is 17.0 Å². The second kappa shape index (κ2) is 8.73. The minimum absolute atomic E-state index is 0.152. The molecule has 162 valence electrons. The van der Waals surface area contributed by atoms with Gasteiger partial charge in [-0.2, -0.15) is 4.68 Å². The van der Waals surface area contributed by atoms with Crippen LogP contribution in [0.25, 0.3) is 27.6 Å². The molecule has 0 bridgehead atoms. The van der Waals surface area contributed by atoms with Gasteiger partial charge in [-0.3, -0.25) is 9.89 Å². The first-order valence-electron chi connectivity index (χ1n) is 9.61. The first-order chi connectivity index (χ1) is 16.1. The topological polar surface area (TPSA) is 126 Å². The molecule has 0 aliphatic rings. The van der Waals surface area contributed by atoms with Crippen LogP contribution in [0.5, 0.6) is 0 Å². The lowest BCUT2D eigenvalue weighted by Crippen LogP contribution is -2.13. The molecule has 0 saturated heterocycles. The first kappa shape index (κ1) is 20.7. The maximum atomic E-state index is 13.3. The molecule has 3 aromatic heterocycles. The second-order valence-corrected chi connectivity index (χ2v) is 8.46. The number of nitrogens with one attached hydrogen (secondary N) is 1. The Hall–Kier alpha value is -4.22. The van der Waals surface area contributed by atoms with Crippen molar-refractivity contribution >= 4 is 39.5 Å². The van der Waals surface area contributed by atoms with E-state index < -0.39 is 11.5 Å². The molecular weight excluding hydrogens is 460 g/mol. The van der Waals surface area contributed by atoms with Gasteiger partial charge in [0.15, 0.2) is 5.69 Å². The van der Waals surface area contributed by atoms with Gasteiger partial charge in [0.25, 0.3) is 0 Å². The molecule has 0 unspecified atom stereocenters. The van der Waals surface area contributed by atoms with E-state index in [1.54, 1.807) is 29.1 Å². The van der Waals surface area contributed by atoms with Crippen LogP contribution < -0.4 is 5.56 Å². The Morgan fingerprint density at radius 1 is 1.00 bits per heavy atom. The fourth-order valence-electron chi connectivity index (χ4n) is 3.10. The van der Waals surface area contributed by atoms with Crippen LogP contribution in [0.2, 0.25) is 0 Å². The summed E-state index contributed by atoms with van der Waals surface area (Å²) in [5.41, 5.74) is 2.62. The zero-order valence-electron chi connectivity index (χ0n) is 16.7. The molecule has 0 aliphatic carbocycles. The van der Waals surface area contributed by atoms with E-state index in [1.807, 2.05) is 30.3 Å². The highest BCUT2D eigenvalue weighted by Gasteiger charge is 2.19. The van der Waals surface area contributed by atoms with E-state index in [0.717, 1.165) is 11.1 Å². The van der Waals surface area contributed by atoms with Gasteiger partial charge in [-0.1, -0.05) is 42.5 Å². The number of carboxylic acid groups (broad SMARTS) is 1. The third-order valence-corrected chi connectivity index (χ3v) is 6.18. The number of aromatic amines is 1. The van der Waals surface area contributed by atoms with Crippen molar-refractivity contribution in [2.45, 2.75) is 0 Å². The monoisotopic (exact) mass is 474 g/mol. The zero-order valence-corrected chi connectivity index (χ0v) is 18.4. The van der Waals surface area contributed by atoms with Crippen molar-refractivity contribution in [2.24, 2.45) is 10.2 Å². The standard InChI is InChI=1S/C22H14N6O3S2/c29-19-18(25-26-21-23-10-11-32-21)17(14-4-2-1-3-5-14)27-28(19)22-24-16(12-33-22)13-6-8-15(9-7-13)20(30)31/h1-12,27H,(H,30,31). The molecule has 3 heterocycles. The lowest BCUT2D eigenvalue weighted by molar-refractivity contribution is 0.0697. The van der Waals surface area contributed by atoms with E-state index in [9.17, 15) is 9.59 Å². The van der Waals surface area contributed by atoms with E-state index >= 15 is 0 Å². The average Bonchev–Trinajstić information content (AvgIpc) is 3.59. The summed E-state index contributed by atoms with van der Waals surface area (Å²) in [6.07, 6.45) is 1.62. The quantitative estimate of drug-likeness (QED) is 0.313. The number of carbonyl (C=O) groups is 1. The van der Waals surface area contributed by atoms with Crippen LogP contribution in [0.4, 0.5) is 10.8 Å². The number of thiazole rings is 2. The largest absolute Gasteiger partial charge is 0.478 e. The molecule has 0 saturated carbocycles. The van der Waals surface area contributed by atoms with Crippen molar-refractivity contribution in [3.05, 3.63) is 87.5 Å². The van der Waals surface area contributed by atoms with Crippen molar-refractivity contribution in [1.29, 1.82) is 0 Å². The van der Waals surface area contributed by atoms with Crippen LogP contribution in [-0.4, -0.2) is 30.8 Å². The molecule has 0 aliphatic heterocycles. The molecule has 5 rings (SSSR count). The minimum atomic E-state index is -0.994. The number of aromatic nitrogens is 4. The van der Waals surface area contributed by atoms with Gasteiger partial charge in [-0.05, 0) is 12.1 Å². The van der Waals surface area contributed by atoms with Crippen LogP contribution in [-0.2, 0) is 0 Å². The van der Waals surface area contributed by atoms with E-state index in [4.69, 9.17) is 5.11 Å². The molecule has 0 atom stereocenters. The SMILES string of the molecule is O=C(O)c1ccc(-c2csc(-n3[nH]c(-c4ccccc4)c(N=Nc4nccs4)c3=O)n2)cc1. The van der Waals surface area contributed by atoms with Crippen LogP contribution in [0.1, 0.15) is 10.4 Å². The molecular formula is C22H14N6O3S2. The smallest absolute Gasteiger partial charge is 0.335 e. The number of hydrogen-bond donors (Lipinski definition) is 2. The summed E-state index contributed by atoms with van der Waals surface area (Å²) in [6.45, 7) is 0. The molecule has 0 fully saturated rings. The van der Waals surface area contributed by atoms with E-state index in [-0.39, 0.29) is 11.3 Å². The molecule has 11 heteroatoms. The van der Waals surface area contributed by atoms with Crippen molar-refractivity contribution in [1.82, 2.24) is 19.7 Å². The number of benzene rings is 2. The summed E-state index contributed by atoms with van der Waals surface area (Å²) in [5.74, 6) is -0.994. The molecule has 0 amide bonds. The molecule has 9 nitrogen and oxygen atoms in total. The van der Waals surface area contributed by atoms with Crippen molar-refractivity contribution < 1.29 is 9.90 Å². The molecule has 2 N–H and O–H groups in total. The molecule has 33 heavy (non-hydrogen) atoms. The van der Waals surface area contributed by atoms with Gasteiger partial charge in [-0.25, -0.2) is 14.8 Å². The highest BCUT2D eigenvalue weighted by Crippen LogP contribution is 2.30. The second-order valence-electron chi connectivity index (χ2n) is 6.75. The number of hydrogen-bond acceptors (Lipinski definition) is 8. The van der Waals surface area contributed by atoms with Gasteiger partial charge in [0.2, 0.25) is 10.3 Å². The van der Waals surface area contributed by atoms with Crippen LogP contribution in [0.15, 0.2) is 86.6 Å². The number of carboxylic acids is 1. The highest BCUT2D eigenvalue weighted by molar-refractivity contribution is 7.13. The van der Waals surface area contributed by atoms with Gasteiger partial charge in [0.1, 0.15) is 0 Å². The summed E-state index contributed by atoms with van der Waals surface area (Å²) in [7, 11) is 0. The number of aromatic carboxylic acids is 1. The Labute approximate surface area is 194 Å². The summed E-state index contributed by atoms with van der Waals surface area (Å²) in [6, 6.07) is 15.8. The molecule has 0 spiro atoms. The molecule has 2 aromatic carbocycles. The maximum Gasteiger partial charge on any atom is 0.335 e.